The summed E-state index contributed by atoms with van der Waals surface area (Å²) < 4.78 is 10.6. The Balaban J connectivity index is 1.99. The highest BCUT2D eigenvalue weighted by molar-refractivity contribution is 5.94. The molecule has 1 aromatic carbocycles. The fourth-order valence-electron chi connectivity index (χ4n) is 1.80. The normalized spacial score (nSPS) is 15.2. The van der Waals surface area contributed by atoms with E-state index in [2.05, 4.69) is 6.58 Å². The van der Waals surface area contributed by atoms with E-state index in [4.69, 9.17) is 9.47 Å². The molecule has 4 nitrogen and oxygen atoms in total. The number of carbonyl (C=O) groups is 1. The number of hydrogen-bond acceptors (Lipinski definition) is 3. The third-order valence-corrected chi connectivity index (χ3v) is 2.77. The second kappa shape index (κ2) is 6.21. The highest BCUT2D eigenvalue weighted by Crippen LogP contribution is 2.14. The van der Waals surface area contributed by atoms with E-state index in [1.807, 2.05) is 4.90 Å². The summed E-state index contributed by atoms with van der Waals surface area (Å²) in [6, 6.07) is 7.18. The molecule has 0 saturated carbocycles. The fourth-order valence-corrected chi connectivity index (χ4v) is 1.80. The van der Waals surface area contributed by atoms with E-state index in [-0.39, 0.29) is 5.91 Å². The lowest BCUT2D eigenvalue weighted by Gasteiger charge is -2.26. The fraction of sp³-hybridized carbons (Fsp3) is 0.357. The molecular weight excluding hydrogens is 230 g/mol. The first-order valence-electron chi connectivity index (χ1n) is 6.02. The van der Waals surface area contributed by atoms with Gasteiger partial charge in [0.2, 0.25) is 0 Å². The summed E-state index contributed by atoms with van der Waals surface area (Å²) in [5, 5.41) is 0. The van der Waals surface area contributed by atoms with Crippen molar-refractivity contribution < 1.29 is 14.3 Å². The molecule has 4 heteroatoms. The van der Waals surface area contributed by atoms with Gasteiger partial charge in [0.15, 0.2) is 0 Å². The summed E-state index contributed by atoms with van der Waals surface area (Å²) in [7, 11) is 0. The molecule has 18 heavy (non-hydrogen) atoms. The van der Waals surface area contributed by atoms with Gasteiger partial charge in [-0.3, -0.25) is 4.79 Å². The van der Waals surface area contributed by atoms with E-state index in [1.165, 1.54) is 0 Å². The summed E-state index contributed by atoms with van der Waals surface area (Å²) in [5.41, 5.74) is 0.683. The van der Waals surface area contributed by atoms with Gasteiger partial charge in [-0.25, -0.2) is 0 Å². The van der Waals surface area contributed by atoms with Crippen LogP contribution in [-0.4, -0.2) is 43.7 Å². The van der Waals surface area contributed by atoms with Crippen LogP contribution in [0.25, 0.3) is 0 Å². The standard InChI is InChI=1S/C14H17NO3/c1-2-9-18-13-5-3-12(4-6-13)14(16)15-7-10-17-11-8-15/h2-6H,1,7-11H2. The van der Waals surface area contributed by atoms with Gasteiger partial charge in [-0.05, 0) is 24.3 Å². The van der Waals surface area contributed by atoms with E-state index >= 15 is 0 Å². The second-order valence-electron chi connectivity index (χ2n) is 4.03. The summed E-state index contributed by atoms with van der Waals surface area (Å²) in [6.07, 6.45) is 1.69. The lowest BCUT2D eigenvalue weighted by atomic mass is 10.2. The van der Waals surface area contributed by atoms with Gasteiger partial charge in [0, 0.05) is 18.7 Å². The van der Waals surface area contributed by atoms with Gasteiger partial charge in [-0.1, -0.05) is 12.7 Å². The van der Waals surface area contributed by atoms with Crippen LogP contribution in [0.1, 0.15) is 10.4 Å². The van der Waals surface area contributed by atoms with E-state index in [0.717, 1.165) is 5.75 Å². The number of hydrogen-bond donors (Lipinski definition) is 0. The van der Waals surface area contributed by atoms with Crippen molar-refractivity contribution in [1.82, 2.24) is 4.90 Å². The number of nitrogens with zero attached hydrogens (tertiary/aromatic N) is 1. The molecule has 1 aliphatic heterocycles. The van der Waals surface area contributed by atoms with Crippen LogP contribution in [0.3, 0.4) is 0 Å². The number of carbonyl (C=O) groups excluding carboxylic acids is 1. The molecule has 1 amide bonds. The molecule has 0 aliphatic carbocycles. The Bertz CT molecular complexity index is 408. The van der Waals surface area contributed by atoms with Crippen LogP contribution < -0.4 is 4.74 Å². The molecule has 0 N–H and O–H groups in total. The average molecular weight is 247 g/mol. The van der Waals surface area contributed by atoms with Crippen LogP contribution in [0.2, 0.25) is 0 Å². The first kappa shape index (κ1) is 12.6. The van der Waals surface area contributed by atoms with E-state index in [1.54, 1.807) is 30.3 Å². The van der Waals surface area contributed by atoms with Gasteiger partial charge in [0.25, 0.3) is 5.91 Å². The minimum Gasteiger partial charge on any atom is -0.490 e. The van der Waals surface area contributed by atoms with E-state index in [9.17, 15) is 4.79 Å². The summed E-state index contributed by atoms with van der Waals surface area (Å²) in [4.78, 5) is 13.9. The molecule has 1 aliphatic rings. The number of ether oxygens (including phenoxy) is 2. The van der Waals surface area contributed by atoms with Crippen molar-refractivity contribution in [2.24, 2.45) is 0 Å². The average Bonchev–Trinajstić information content (AvgIpc) is 2.46. The third-order valence-electron chi connectivity index (χ3n) is 2.77. The summed E-state index contributed by atoms with van der Waals surface area (Å²) in [6.45, 7) is 6.61. The molecular formula is C14H17NO3. The zero-order chi connectivity index (χ0) is 12.8. The highest BCUT2D eigenvalue weighted by atomic mass is 16.5. The van der Waals surface area contributed by atoms with Crippen molar-refractivity contribution in [3.8, 4) is 5.75 Å². The van der Waals surface area contributed by atoms with Crippen LogP contribution in [0, 0.1) is 0 Å². The van der Waals surface area contributed by atoms with E-state index < -0.39 is 0 Å². The number of rotatable bonds is 4. The molecule has 0 spiro atoms. The zero-order valence-corrected chi connectivity index (χ0v) is 10.3. The maximum absolute atomic E-state index is 12.1. The molecule has 0 aromatic heterocycles. The van der Waals surface area contributed by atoms with Gasteiger partial charge in [0.05, 0.1) is 13.2 Å². The second-order valence-corrected chi connectivity index (χ2v) is 4.03. The largest absolute Gasteiger partial charge is 0.490 e. The van der Waals surface area contributed by atoms with Crippen LogP contribution >= 0.6 is 0 Å². The highest BCUT2D eigenvalue weighted by Gasteiger charge is 2.18. The third kappa shape index (κ3) is 3.11. The Morgan fingerprint density at radius 3 is 2.61 bits per heavy atom. The predicted octanol–water partition coefficient (Wildman–Crippen LogP) is 1.72. The lowest BCUT2D eigenvalue weighted by Crippen LogP contribution is -2.40. The molecule has 0 atom stereocenters. The zero-order valence-electron chi connectivity index (χ0n) is 10.3. The predicted molar refractivity (Wildman–Crippen MR) is 68.9 cm³/mol. The lowest BCUT2D eigenvalue weighted by molar-refractivity contribution is 0.0303. The molecule has 1 fully saturated rings. The van der Waals surface area contributed by atoms with Gasteiger partial charge >= 0.3 is 0 Å². The van der Waals surface area contributed by atoms with Crippen LogP contribution in [0.4, 0.5) is 0 Å². The quantitative estimate of drug-likeness (QED) is 0.760. The van der Waals surface area contributed by atoms with Crippen molar-refractivity contribution in [3.05, 3.63) is 42.5 Å². The summed E-state index contributed by atoms with van der Waals surface area (Å²) in [5.74, 6) is 0.794. The molecule has 1 aromatic rings. The van der Waals surface area contributed by atoms with Crippen LogP contribution in [0.5, 0.6) is 5.75 Å². The molecule has 0 bridgehead atoms. The first-order chi connectivity index (χ1) is 8.81. The molecule has 1 saturated heterocycles. The smallest absolute Gasteiger partial charge is 0.254 e. The Hall–Kier alpha value is -1.81. The molecule has 96 valence electrons. The van der Waals surface area contributed by atoms with Crippen molar-refractivity contribution in [1.29, 1.82) is 0 Å². The minimum absolute atomic E-state index is 0.0496. The number of benzene rings is 1. The minimum atomic E-state index is 0.0496. The van der Waals surface area contributed by atoms with Crippen LogP contribution in [0.15, 0.2) is 36.9 Å². The molecule has 0 radical (unpaired) electrons. The Kier molecular flexibility index (Phi) is 4.36. The van der Waals surface area contributed by atoms with Gasteiger partial charge < -0.3 is 14.4 Å². The molecule has 2 rings (SSSR count). The van der Waals surface area contributed by atoms with Crippen molar-refractivity contribution >= 4 is 5.91 Å². The van der Waals surface area contributed by atoms with Crippen molar-refractivity contribution in [2.75, 3.05) is 32.9 Å². The molecule has 1 heterocycles. The number of amides is 1. The Labute approximate surface area is 107 Å². The van der Waals surface area contributed by atoms with E-state index in [0.29, 0.717) is 38.5 Å². The van der Waals surface area contributed by atoms with Gasteiger partial charge in [0.1, 0.15) is 12.4 Å². The maximum atomic E-state index is 12.1. The van der Waals surface area contributed by atoms with Crippen LogP contribution in [-0.2, 0) is 4.74 Å². The van der Waals surface area contributed by atoms with Gasteiger partial charge in [-0.2, -0.15) is 0 Å². The maximum Gasteiger partial charge on any atom is 0.254 e. The summed E-state index contributed by atoms with van der Waals surface area (Å²) >= 11 is 0. The number of morpholine rings is 1. The Morgan fingerprint density at radius 1 is 1.33 bits per heavy atom. The Morgan fingerprint density at radius 2 is 2.00 bits per heavy atom. The van der Waals surface area contributed by atoms with Gasteiger partial charge in [-0.15, -0.1) is 0 Å². The topological polar surface area (TPSA) is 38.8 Å². The van der Waals surface area contributed by atoms with Crippen molar-refractivity contribution in [3.63, 3.8) is 0 Å². The van der Waals surface area contributed by atoms with Crippen molar-refractivity contribution in [2.45, 2.75) is 0 Å². The monoisotopic (exact) mass is 247 g/mol. The SMILES string of the molecule is C=CCOc1ccc(C(=O)N2CCOCC2)cc1. The first-order valence-corrected chi connectivity index (χ1v) is 6.02. The molecule has 0 unspecified atom stereocenters.